The SMILES string of the molecule is COc1cccc(CN(C(=O)CN(c2cc(Cl)ccc2Cl)S(=O)(=O)c2ccccc2)C(Cc2ccccc2)C(=O)NC2CCCC2)c1. The van der Waals surface area contributed by atoms with Crippen molar-refractivity contribution in [3.63, 3.8) is 0 Å². The van der Waals surface area contributed by atoms with Crippen molar-refractivity contribution < 1.29 is 22.7 Å². The van der Waals surface area contributed by atoms with E-state index in [1.807, 2.05) is 36.4 Å². The molecule has 0 aromatic heterocycles. The fourth-order valence-electron chi connectivity index (χ4n) is 5.80. The fourth-order valence-corrected chi connectivity index (χ4v) is 7.68. The van der Waals surface area contributed by atoms with E-state index >= 15 is 0 Å². The largest absolute Gasteiger partial charge is 0.497 e. The van der Waals surface area contributed by atoms with Gasteiger partial charge in [-0.05, 0) is 66.4 Å². The number of halogens is 2. The van der Waals surface area contributed by atoms with E-state index in [1.54, 1.807) is 49.6 Å². The summed E-state index contributed by atoms with van der Waals surface area (Å²) in [4.78, 5) is 30.2. The molecule has 1 fully saturated rings. The van der Waals surface area contributed by atoms with Gasteiger partial charge in [0.25, 0.3) is 10.0 Å². The van der Waals surface area contributed by atoms with E-state index in [0.29, 0.717) is 11.3 Å². The lowest BCUT2D eigenvalue weighted by Gasteiger charge is -2.34. The van der Waals surface area contributed by atoms with Gasteiger partial charge < -0.3 is 15.0 Å². The summed E-state index contributed by atoms with van der Waals surface area (Å²) >= 11 is 12.9. The van der Waals surface area contributed by atoms with Gasteiger partial charge in [0.2, 0.25) is 11.8 Å². The highest BCUT2D eigenvalue weighted by molar-refractivity contribution is 7.92. The van der Waals surface area contributed by atoms with E-state index in [0.717, 1.165) is 35.6 Å². The number of anilines is 1. The van der Waals surface area contributed by atoms with E-state index in [9.17, 15) is 18.0 Å². The Bertz CT molecular complexity index is 1790. The third-order valence-corrected chi connectivity index (χ3v) is 10.6. The first-order valence-corrected chi connectivity index (χ1v) is 17.6. The minimum atomic E-state index is -4.31. The first-order valence-electron chi connectivity index (χ1n) is 15.5. The molecular formula is C36H37Cl2N3O5S. The van der Waals surface area contributed by atoms with Crippen LogP contribution in [-0.4, -0.2) is 50.9 Å². The molecule has 246 valence electrons. The normalized spacial score (nSPS) is 13.9. The van der Waals surface area contributed by atoms with Crippen molar-refractivity contribution in [1.82, 2.24) is 10.2 Å². The maximum absolute atomic E-state index is 14.7. The molecule has 1 aliphatic carbocycles. The summed E-state index contributed by atoms with van der Waals surface area (Å²) in [5.74, 6) is -0.301. The van der Waals surface area contributed by atoms with Gasteiger partial charge >= 0.3 is 0 Å². The Morgan fingerprint density at radius 3 is 2.21 bits per heavy atom. The quantitative estimate of drug-likeness (QED) is 0.164. The van der Waals surface area contributed by atoms with Gasteiger partial charge in [-0.1, -0.05) is 96.7 Å². The molecule has 1 atom stereocenters. The number of carbonyl (C=O) groups excluding carboxylic acids is 2. The van der Waals surface area contributed by atoms with Crippen LogP contribution in [0.2, 0.25) is 10.0 Å². The van der Waals surface area contributed by atoms with Crippen molar-refractivity contribution >= 4 is 50.7 Å². The Labute approximate surface area is 286 Å². The maximum atomic E-state index is 14.7. The van der Waals surface area contributed by atoms with Gasteiger partial charge in [-0.25, -0.2) is 8.42 Å². The Kier molecular flexibility index (Phi) is 11.4. The molecule has 2 amide bonds. The molecule has 0 radical (unpaired) electrons. The van der Waals surface area contributed by atoms with Crippen LogP contribution in [0.5, 0.6) is 5.75 Å². The second-order valence-corrected chi connectivity index (χ2v) is 14.2. The van der Waals surface area contributed by atoms with Crippen LogP contribution in [0.3, 0.4) is 0 Å². The maximum Gasteiger partial charge on any atom is 0.264 e. The summed E-state index contributed by atoms with van der Waals surface area (Å²) in [5, 5.41) is 3.52. The van der Waals surface area contributed by atoms with Gasteiger partial charge in [0.1, 0.15) is 18.3 Å². The summed E-state index contributed by atoms with van der Waals surface area (Å²) in [7, 11) is -2.75. The lowest BCUT2D eigenvalue weighted by atomic mass is 10.0. The molecule has 1 N–H and O–H groups in total. The number of amides is 2. The van der Waals surface area contributed by atoms with Crippen molar-refractivity contribution in [3.8, 4) is 5.75 Å². The second-order valence-electron chi connectivity index (χ2n) is 11.5. The van der Waals surface area contributed by atoms with Gasteiger partial charge in [0.15, 0.2) is 0 Å². The van der Waals surface area contributed by atoms with Gasteiger partial charge in [0.05, 0.1) is 22.7 Å². The first kappa shape index (κ1) is 34.3. The van der Waals surface area contributed by atoms with E-state index in [1.165, 1.54) is 29.2 Å². The van der Waals surface area contributed by atoms with Crippen LogP contribution in [0.15, 0.2) is 108 Å². The predicted molar refractivity (Wildman–Crippen MR) is 185 cm³/mol. The monoisotopic (exact) mass is 693 g/mol. The van der Waals surface area contributed by atoms with E-state index < -0.39 is 28.5 Å². The van der Waals surface area contributed by atoms with Gasteiger partial charge in [-0.3, -0.25) is 13.9 Å². The summed E-state index contributed by atoms with van der Waals surface area (Å²) in [6, 6.07) is 28.0. The van der Waals surface area contributed by atoms with Gasteiger partial charge in [-0.15, -0.1) is 0 Å². The number of rotatable bonds is 13. The zero-order valence-electron chi connectivity index (χ0n) is 26.0. The third-order valence-electron chi connectivity index (χ3n) is 8.25. The Balaban J connectivity index is 1.59. The van der Waals surface area contributed by atoms with Crippen molar-refractivity contribution in [2.75, 3.05) is 18.0 Å². The number of nitrogens with zero attached hydrogens (tertiary/aromatic N) is 2. The highest BCUT2D eigenvalue weighted by Gasteiger charge is 2.36. The number of benzene rings is 4. The first-order chi connectivity index (χ1) is 22.7. The molecule has 0 saturated heterocycles. The summed E-state index contributed by atoms with van der Waals surface area (Å²) in [5.41, 5.74) is 1.62. The highest BCUT2D eigenvalue weighted by Crippen LogP contribution is 2.33. The molecule has 1 saturated carbocycles. The van der Waals surface area contributed by atoms with E-state index in [2.05, 4.69) is 5.32 Å². The minimum Gasteiger partial charge on any atom is -0.497 e. The number of ether oxygens (including phenoxy) is 1. The van der Waals surface area contributed by atoms with Crippen LogP contribution in [0, 0.1) is 0 Å². The third kappa shape index (κ3) is 8.66. The molecule has 4 aromatic carbocycles. The average Bonchev–Trinajstić information content (AvgIpc) is 3.60. The number of carbonyl (C=O) groups is 2. The van der Waals surface area contributed by atoms with Crippen LogP contribution in [0.4, 0.5) is 5.69 Å². The van der Waals surface area contributed by atoms with E-state index in [4.69, 9.17) is 27.9 Å². The van der Waals surface area contributed by atoms with Crippen molar-refractivity contribution in [3.05, 3.63) is 124 Å². The fraction of sp³-hybridized carbons (Fsp3) is 0.278. The second kappa shape index (κ2) is 15.7. The molecule has 1 aliphatic rings. The smallest absolute Gasteiger partial charge is 0.264 e. The Morgan fingerprint density at radius 2 is 1.53 bits per heavy atom. The molecule has 5 rings (SSSR count). The zero-order chi connectivity index (χ0) is 33.4. The lowest BCUT2D eigenvalue weighted by Crippen LogP contribution is -2.54. The van der Waals surface area contributed by atoms with Crippen LogP contribution in [-0.2, 0) is 32.6 Å². The van der Waals surface area contributed by atoms with E-state index in [-0.39, 0.29) is 45.5 Å². The van der Waals surface area contributed by atoms with Crippen LogP contribution in [0.1, 0.15) is 36.8 Å². The number of sulfonamides is 1. The molecule has 1 unspecified atom stereocenters. The minimum absolute atomic E-state index is 0.00905. The standard InChI is InChI=1S/C36H37Cl2N3O5S/c1-46-30-16-10-13-27(21-30)24-40(34(22-26-11-4-2-5-12-26)36(43)39-29-14-8-9-15-29)35(42)25-41(33-23-28(37)19-20-32(33)38)47(44,45)31-17-6-3-7-18-31/h2-7,10-13,16-21,23,29,34H,8-9,14-15,22,24-25H2,1H3,(H,39,43). The van der Waals surface area contributed by atoms with Crippen LogP contribution < -0.4 is 14.4 Å². The summed E-state index contributed by atoms with van der Waals surface area (Å²) < 4.78 is 34.8. The molecule has 0 bridgehead atoms. The molecular weight excluding hydrogens is 657 g/mol. The number of hydrogen-bond donors (Lipinski definition) is 1. The number of methoxy groups -OCH3 is 1. The van der Waals surface area contributed by atoms with Gasteiger partial charge in [0, 0.05) is 24.0 Å². The Morgan fingerprint density at radius 1 is 0.872 bits per heavy atom. The van der Waals surface area contributed by atoms with Crippen LogP contribution in [0.25, 0.3) is 0 Å². The molecule has 0 spiro atoms. The Hall–Kier alpha value is -4.05. The van der Waals surface area contributed by atoms with Crippen molar-refractivity contribution in [2.24, 2.45) is 0 Å². The molecule has 8 nitrogen and oxygen atoms in total. The topological polar surface area (TPSA) is 96.0 Å². The summed E-state index contributed by atoms with van der Waals surface area (Å²) in [6.07, 6.45) is 3.99. The van der Waals surface area contributed by atoms with Crippen molar-refractivity contribution in [2.45, 2.75) is 55.6 Å². The number of nitrogens with one attached hydrogen (secondary N) is 1. The molecule has 0 aliphatic heterocycles. The summed E-state index contributed by atoms with van der Waals surface area (Å²) in [6.45, 7) is -0.614. The molecule has 0 heterocycles. The van der Waals surface area contributed by atoms with Crippen LogP contribution >= 0.6 is 23.2 Å². The zero-order valence-corrected chi connectivity index (χ0v) is 28.3. The molecule has 47 heavy (non-hydrogen) atoms. The van der Waals surface area contributed by atoms with Gasteiger partial charge in [-0.2, -0.15) is 0 Å². The predicted octanol–water partition coefficient (Wildman–Crippen LogP) is 6.90. The van der Waals surface area contributed by atoms with Crippen molar-refractivity contribution in [1.29, 1.82) is 0 Å². The lowest BCUT2D eigenvalue weighted by molar-refractivity contribution is -0.140. The number of hydrogen-bond acceptors (Lipinski definition) is 5. The molecule has 4 aromatic rings. The molecule has 11 heteroatoms. The highest BCUT2D eigenvalue weighted by atomic mass is 35.5. The average molecular weight is 695 g/mol.